The summed E-state index contributed by atoms with van der Waals surface area (Å²) in [6.07, 6.45) is 0. The Bertz CT molecular complexity index is 398. The molecule has 1 aromatic carbocycles. The van der Waals surface area contributed by atoms with Crippen molar-refractivity contribution in [2.75, 3.05) is 18.4 Å². The maximum Gasteiger partial charge on any atom is 0.290 e. The van der Waals surface area contributed by atoms with E-state index in [1.165, 1.54) is 12.1 Å². The average Bonchev–Trinajstić information content (AvgIpc) is 2.74. The fourth-order valence-electron chi connectivity index (χ4n) is 1.29. The van der Waals surface area contributed by atoms with Gasteiger partial charge in [0.05, 0.1) is 6.54 Å². The predicted octanol–water partition coefficient (Wildman–Crippen LogP) is 0.332. The molecule has 1 aromatic rings. The standard InChI is InChI=1S/C10H11N3O2/c14-8-3-1-7(2-4-8)13-10(15)9-11-5-6-12-9/h1-4,14H,5-6H2,(H,11,12)(H,13,15). The first-order valence-electron chi connectivity index (χ1n) is 4.64. The number of carbonyl (C=O) groups excluding carboxylic acids is 1. The maximum atomic E-state index is 11.5. The van der Waals surface area contributed by atoms with Crippen molar-refractivity contribution < 1.29 is 9.90 Å². The number of rotatable bonds is 2. The summed E-state index contributed by atoms with van der Waals surface area (Å²) in [7, 11) is 0. The summed E-state index contributed by atoms with van der Waals surface area (Å²) in [6, 6.07) is 6.28. The van der Waals surface area contributed by atoms with E-state index in [9.17, 15) is 4.79 Å². The molecular formula is C10H11N3O2. The van der Waals surface area contributed by atoms with Crippen LogP contribution in [0, 0.1) is 0 Å². The van der Waals surface area contributed by atoms with Crippen LogP contribution in [0.4, 0.5) is 5.69 Å². The van der Waals surface area contributed by atoms with E-state index >= 15 is 0 Å². The number of nitrogens with one attached hydrogen (secondary N) is 2. The van der Waals surface area contributed by atoms with Gasteiger partial charge < -0.3 is 15.7 Å². The van der Waals surface area contributed by atoms with E-state index in [0.717, 1.165) is 0 Å². The molecule has 1 aliphatic rings. The van der Waals surface area contributed by atoms with Crippen molar-refractivity contribution in [2.45, 2.75) is 0 Å². The van der Waals surface area contributed by atoms with Crippen molar-refractivity contribution in [1.82, 2.24) is 5.32 Å². The van der Waals surface area contributed by atoms with Gasteiger partial charge in [0.25, 0.3) is 5.91 Å². The van der Waals surface area contributed by atoms with Crippen LogP contribution in [-0.4, -0.2) is 29.9 Å². The molecular weight excluding hydrogens is 194 g/mol. The Morgan fingerprint density at radius 2 is 2.13 bits per heavy atom. The Morgan fingerprint density at radius 3 is 2.73 bits per heavy atom. The molecule has 0 saturated carbocycles. The lowest BCUT2D eigenvalue weighted by atomic mass is 10.3. The highest BCUT2D eigenvalue weighted by molar-refractivity contribution is 6.42. The molecule has 0 unspecified atom stereocenters. The largest absolute Gasteiger partial charge is 0.508 e. The van der Waals surface area contributed by atoms with E-state index in [1.807, 2.05) is 0 Å². The van der Waals surface area contributed by atoms with E-state index in [2.05, 4.69) is 15.6 Å². The highest BCUT2D eigenvalue weighted by Crippen LogP contribution is 2.13. The van der Waals surface area contributed by atoms with Gasteiger partial charge in [-0.25, -0.2) is 0 Å². The molecule has 1 aliphatic heterocycles. The molecule has 0 radical (unpaired) electrons. The number of aliphatic imine (C=N–C) groups is 1. The SMILES string of the molecule is O=C(Nc1ccc(O)cc1)C1=NCCN1. The third kappa shape index (κ3) is 2.25. The van der Waals surface area contributed by atoms with Gasteiger partial charge in [0.2, 0.25) is 0 Å². The van der Waals surface area contributed by atoms with E-state index in [1.54, 1.807) is 12.1 Å². The van der Waals surface area contributed by atoms with Crippen LogP contribution in [0.1, 0.15) is 0 Å². The minimum atomic E-state index is -0.252. The van der Waals surface area contributed by atoms with E-state index < -0.39 is 0 Å². The molecule has 2 rings (SSSR count). The first-order chi connectivity index (χ1) is 7.25. The number of anilines is 1. The smallest absolute Gasteiger partial charge is 0.290 e. The van der Waals surface area contributed by atoms with Crippen molar-refractivity contribution in [3.8, 4) is 5.75 Å². The summed E-state index contributed by atoms with van der Waals surface area (Å²) >= 11 is 0. The van der Waals surface area contributed by atoms with Crippen LogP contribution in [0.5, 0.6) is 5.75 Å². The summed E-state index contributed by atoms with van der Waals surface area (Å²) in [6.45, 7) is 1.34. The van der Waals surface area contributed by atoms with Gasteiger partial charge in [-0.3, -0.25) is 9.79 Å². The van der Waals surface area contributed by atoms with Gasteiger partial charge in [0.15, 0.2) is 5.84 Å². The van der Waals surface area contributed by atoms with Gasteiger partial charge in [-0.1, -0.05) is 0 Å². The Labute approximate surface area is 86.8 Å². The lowest BCUT2D eigenvalue weighted by Gasteiger charge is -2.04. The topological polar surface area (TPSA) is 73.7 Å². The number of amidine groups is 1. The highest BCUT2D eigenvalue weighted by atomic mass is 16.3. The van der Waals surface area contributed by atoms with E-state index in [-0.39, 0.29) is 11.7 Å². The molecule has 0 fully saturated rings. The average molecular weight is 205 g/mol. The van der Waals surface area contributed by atoms with Gasteiger partial charge >= 0.3 is 0 Å². The molecule has 78 valence electrons. The number of aromatic hydroxyl groups is 1. The summed E-state index contributed by atoms with van der Waals surface area (Å²) < 4.78 is 0. The Kier molecular flexibility index (Phi) is 2.53. The Hall–Kier alpha value is -2.04. The zero-order valence-corrected chi connectivity index (χ0v) is 8.03. The van der Waals surface area contributed by atoms with Crippen LogP contribution in [0.3, 0.4) is 0 Å². The van der Waals surface area contributed by atoms with Crippen molar-refractivity contribution in [3.05, 3.63) is 24.3 Å². The van der Waals surface area contributed by atoms with Crippen LogP contribution < -0.4 is 10.6 Å². The van der Waals surface area contributed by atoms with Crippen molar-refractivity contribution >= 4 is 17.4 Å². The van der Waals surface area contributed by atoms with Crippen LogP contribution >= 0.6 is 0 Å². The molecule has 15 heavy (non-hydrogen) atoms. The second-order valence-electron chi connectivity index (χ2n) is 3.16. The van der Waals surface area contributed by atoms with Gasteiger partial charge in [-0.2, -0.15) is 0 Å². The zero-order valence-electron chi connectivity index (χ0n) is 8.03. The number of amides is 1. The number of benzene rings is 1. The lowest BCUT2D eigenvalue weighted by Crippen LogP contribution is -2.32. The number of carbonyl (C=O) groups is 1. The fourth-order valence-corrected chi connectivity index (χ4v) is 1.29. The van der Waals surface area contributed by atoms with E-state index in [4.69, 9.17) is 5.11 Å². The van der Waals surface area contributed by atoms with Crippen LogP contribution in [0.2, 0.25) is 0 Å². The predicted molar refractivity (Wildman–Crippen MR) is 57.0 cm³/mol. The molecule has 1 heterocycles. The minimum Gasteiger partial charge on any atom is -0.508 e. The first-order valence-corrected chi connectivity index (χ1v) is 4.64. The molecule has 0 atom stereocenters. The molecule has 5 nitrogen and oxygen atoms in total. The monoisotopic (exact) mass is 205 g/mol. The van der Waals surface area contributed by atoms with Crippen LogP contribution in [0.15, 0.2) is 29.3 Å². The van der Waals surface area contributed by atoms with Crippen LogP contribution in [-0.2, 0) is 4.79 Å². The molecule has 5 heteroatoms. The fraction of sp³-hybridized carbons (Fsp3) is 0.200. The highest BCUT2D eigenvalue weighted by Gasteiger charge is 2.14. The number of nitrogens with zero attached hydrogens (tertiary/aromatic N) is 1. The second kappa shape index (κ2) is 4.00. The third-order valence-corrected chi connectivity index (χ3v) is 2.01. The number of phenols is 1. The normalized spacial score (nSPS) is 14.3. The summed E-state index contributed by atoms with van der Waals surface area (Å²) in [5.74, 6) is 0.283. The third-order valence-electron chi connectivity index (χ3n) is 2.01. The number of phenolic OH excluding ortho intramolecular Hbond substituents is 1. The van der Waals surface area contributed by atoms with E-state index in [0.29, 0.717) is 24.6 Å². The Morgan fingerprint density at radius 1 is 1.40 bits per heavy atom. The lowest BCUT2D eigenvalue weighted by molar-refractivity contribution is -0.110. The molecule has 0 spiro atoms. The summed E-state index contributed by atoms with van der Waals surface area (Å²) in [5, 5.41) is 14.6. The van der Waals surface area contributed by atoms with Crippen molar-refractivity contribution in [1.29, 1.82) is 0 Å². The van der Waals surface area contributed by atoms with Crippen LogP contribution in [0.25, 0.3) is 0 Å². The molecule has 0 bridgehead atoms. The number of hydrogen-bond donors (Lipinski definition) is 3. The number of hydrogen-bond acceptors (Lipinski definition) is 4. The second-order valence-corrected chi connectivity index (χ2v) is 3.16. The molecule has 0 saturated heterocycles. The maximum absolute atomic E-state index is 11.5. The summed E-state index contributed by atoms with van der Waals surface area (Å²) in [4.78, 5) is 15.5. The van der Waals surface area contributed by atoms with Gasteiger partial charge in [0.1, 0.15) is 5.75 Å². The quantitative estimate of drug-likeness (QED) is 0.609. The summed E-state index contributed by atoms with van der Waals surface area (Å²) in [5.41, 5.74) is 0.634. The van der Waals surface area contributed by atoms with Gasteiger partial charge in [0, 0.05) is 12.2 Å². The molecule has 3 N–H and O–H groups in total. The first kappa shape index (κ1) is 9.51. The molecule has 1 amide bonds. The molecule has 0 aliphatic carbocycles. The minimum absolute atomic E-state index is 0.171. The molecule has 0 aromatic heterocycles. The zero-order chi connectivity index (χ0) is 10.7. The Balaban J connectivity index is 2.02. The van der Waals surface area contributed by atoms with Gasteiger partial charge in [-0.15, -0.1) is 0 Å². The van der Waals surface area contributed by atoms with Gasteiger partial charge in [-0.05, 0) is 24.3 Å². The van der Waals surface area contributed by atoms with Crippen molar-refractivity contribution in [3.63, 3.8) is 0 Å². The van der Waals surface area contributed by atoms with Crippen molar-refractivity contribution in [2.24, 2.45) is 4.99 Å².